The molecule has 1 N–H and O–H groups in total. The molecule has 2 aliphatic rings. The van der Waals surface area contributed by atoms with Crippen LogP contribution in [-0.4, -0.2) is 42.4 Å². The molecule has 0 aromatic carbocycles. The molecule has 0 aromatic rings. The van der Waals surface area contributed by atoms with Gasteiger partial charge < -0.3 is 4.90 Å². The highest BCUT2D eigenvalue weighted by Gasteiger charge is 2.44. The summed E-state index contributed by atoms with van der Waals surface area (Å²) in [6.07, 6.45) is -0.356. The van der Waals surface area contributed by atoms with Crippen molar-refractivity contribution in [1.29, 1.82) is 0 Å². The second kappa shape index (κ2) is 3.95. The maximum absolute atomic E-state index is 13.0. The lowest BCUT2D eigenvalue weighted by molar-refractivity contribution is -0.132. The van der Waals surface area contributed by atoms with E-state index in [1.807, 2.05) is 0 Å². The maximum Gasteiger partial charge on any atom is 0.262 e. The summed E-state index contributed by atoms with van der Waals surface area (Å²) in [6, 6.07) is -0.688. The molecule has 0 spiro atoms. The highest BCUT2D eigenvalue weighted by molar-refractivity contribution is 5.82. The summed E-state index contributed by atoms with van der Waals surface area (Å²) in [6.45, 7) is 5.21. The van der Waals surface area contributed by atoms with Crippen molar-refractivity contribution in [2.75, 3.05) is 19.6 Å². The standard InChI is InChI=1S/C11H18F2N2O/c1-7-4-15(5-8(7)2)10(16)9-3-11(12,13)6-14-9/h7-9,14H,3-6H2,1-2H3. The van der Waals surface area contributed by atoms with Crippen LogP contribution in [0.5, 0.6) is 0 Å². The van der Waals surface area contributed by atoms with Crippen molar-refractivity contribution < 1.29 is 13.6 Å². The first-order valence-electron chi connectivity index (χ1n) is 5.79. The molecule has 2 aliphatic heterocycles. The number of amides is 1. The Morgan fingerprint density at radius 1 is 1.31 bits per heavy atom. The number of nitrogens with one attached hydrogen (secondary N) is 1. The van der Waals surface area contributed by atoms with Crippen LogP contribution in [0.25, 0.3) is 0 Å². The van der Waals surface area contributed by atoms with Gasteiger partial charge in [0.2, 0.25) is 5.91 Å². The predicted octanol–water partition coefficient (Wildman–Crippen LogP) is 1.10. The van der Waals surface area contributed by atoms with E-state index in [-0.39, 0.29) is 18.9 Å². The molecular formula is C11H18F2N2O. The molecule has 16 heavy (non-hydrogen) atoms. The number of halogens is 2. The third kappa shape index (κ3) is 2.19. The van der Waals surface area contributed by atoms with Crippen LogP contribution in [0.2, 0.25) is 0 Å². The third-order valence-corrected chi connectivity index (χ3v) is 3.71. The first kappa shape index (κ1) is 11.8. The van der Waals surface area contributed by atoms with Crippen molar-refractivity contribution >= 4 is 5.91 Å². The Morgan fingerprint density at radius 2 is 1.88 bits per heavy atom. The van der Waals surface area contributed by atoms with Crippen molar-refractivity contribution in [3.05, 3.63) is 0 Å². The van der Waals surface area contributed by atoms with E-state index in [2.05, 4.69) is 19.2 Å². The largest absolute Gasteiger partial charge is 0.341 e. The summed E-state index contributed by atoms with van der Waals surface area (Å²) < 4.78 is 25.9. The molecule has 2 rings (SSSR count). The summed E-state index contributed by atoms with van der Waals surface area (Å²) in [5, 5.41) is 2.61. The highest BCUT2D eigenvalue weighted by Crippen LogP contribution is 2.28. The summed E-state index contributed by atoms with van der Waals surface area (Å²) >= 11 is 0. The molecule has 0 aliphatic carbocycles. The molecule has 2 fully saturated rings. The minimum absolute atomic E-state index is 0.159. The number of carbonyl (C=O) groups is 1. The maximum atomic E-state index is 13.0. The number of rotatable bonds is 1. The Bertz CT molecular complexity index is 282. The van der Waals surface area contributed by atoms with Crippen molar-refractivity contribution in [3.8, 4) is 0 Å². The first-order chi connectivity index (χ1) is 7.39. The Balaban J connectivity index is 1.94. The van der Waals surface area contributed by atoms with Crippen LogP contribution in [-0.2, 0) is 4.79 Å². The third-order valence-electron chi connectivity index (χ3n) is 3.71. The van der Waals surface area contributed by atoms with Gasteiger partial charge in [-0.3, -0.25) is 10.1 Å². The molecule has 5 heteroatoms. The zero-order valence-electron chi connectivity index (χ0n) is 9.67. The topological polar surface area (TPSA) is 32.3 Å². The predicted molar refractivity (Wildman–Crippen MR) is 56.3 cm³/mol. The number of hydrogen-bond donors (Lipinski definition) is 1. The Hall–Kier alpha value is -0.710. The van der Waals surface area contributed by atoms with Crippen LogP contribution in [0.3, 0.4) is 0 Å². The van der Waals surface area contributed by atoms with Gasteiger partial charge in [-0.1, -0.05) is 13.8 Å². The van der Waals surface area contributed by atoms with Crippen molar-refractivity contribution in [2.45, 2.75) is 32.2 Å². The lowest BCUT2D eigenvalue weighted by atomic mass is 10.0. The minimum atomic E-state index is -2.72. The number of carbonyl (C=O) groups excluding carboxylic acids is 1. The monoisotopic (exact) mass is 232 g/mol. The number of nitrogens with zero attached hydrogens (tertiary/aromatic N) is 1. The van der Waals surface area contributed by atoms with E-state index in [9.17, 15) is 13.6 Å². The molecule has 2 heterocycles. The van der Waals surface area contributed by atoms with E-state index in [1.165, 1.54) is 0 Å². The number of likely N-dealkylation sites (tertiary alicyclic amines) is 1. The van der Waals surface area contributed by atoms with Crippen LogP contribution in [0.15, 0.2) is 0 Å². The second-order valence-corrected chi connectivity index (χ2v) is 5.19. The lowest BCUT2D eigenvalue weighted by Crippen LogP contribution is -2.42. The average molecular weight is 232 g/mol. The lowest BCUT2D eigenvalue weighted by Gasteiger charge is -2.20. The van der Waals surface area contributed by atoms with Gasteiger partial charge in [0.25, 0.3) is 5.92 Å². The highest BCUT2D eigenvalue weighted by atomic mass is 19.3. The second-order valence-electron chi connectivity index (χ2n) is 5.19. The quantitative estimate of drug-likeness (QED) is 0.734. The average Bonchev–Trinajstić information content (AvgIpc) is 2.70. The van der Waals surface area contributed by atoms with Gasteiger partial charge in [0.1, 0.15) is 0 Å². The van der Waals surface area contributed by atoms with Crippen LogP contribution in [0.1, 0.15) is 20.3 Å². The summed E-state index contributed by atoms with van der Waals surface area (Å²) in [5.41, 5.74) is 0. The van der Waals surface area contributed by atoms with E-state index < -0.39 is 12.0 Å². The normalized spacial score (nSPS) is 38.0. The van der Waals surface area contributed by atoms with Crippen LogP contribution in [0, 0.1) is 11.8 Å². The van der Waals surface area contributed by atoms with E-state index in [1.54, 1.807) is 4.90 Å². The fraction of sp³-hybridized carbons (Fsp3) is 0.909. The molecule has 3 atom stereocenters. The Morgan fingerprint density at radius 3 is 2.31 bits per heavy atom. The molecule has 0 aromatic heterocycles. The molecule has 1 amide bonds. The minimum Gasteiger partial charge on any atom is -0.341 e. The molecular weight excluding hydrogens is 214 g/mol. The van der Waals surface area contributed by atoms with Gasteiger partial charge in [-0.15, -0.1) is 0 Å². The van der Waals surface area contributed by atoms with E-state index in [0.29, 0.717) is 24.9 Å². The van der Waals surface area contributed by atoms with Gasteiger partial charge in [0.15, 0.2) is 0 Å². The molecule has 0 bridgehead atoms. The fourth-order valence-electron chi connectivity index (χ4n) is 2.42. The summed E-state index contributed by atoms with van der Waals surface area (Å²) in [7, 11) is 0. The molecule has 92 valence electrons. The summed E-state index contributed by atoms with van der Waals surface area (Å²) in [4.78, 5) is 13.7. The van der Waals surface area contributed by atoms with Crippen molar-refractivity contribution in [3.63, 3.8) is 0 Å². The van der Waals surface area contributed by atoms with E-state index in [0.717, 1.165) is 0 Å². The SMILES string of the molecule is CC1CN(C(=O)C2CC(F)(F)CN2)CC1C. The molecule has 0 radical (unpaired) electrons. The fourth-order valence-corrected chi connectivity index (χ4v) is 2.42. The summed E-state index contributed by atoms with van der Waals surface area (Å²) in [5.74, 6) is -1.96. The zero-order chi connectivity index (χ0) is 11.9. The molecule has 0 saturated carbocycles. The van der Waals surface area contributed by atoms with Gasteiger partial charge >= 0.3 is 0 Å². The molecule has 3 nitrogen and oxygen atoms in total. The zero-order valence-corrected chi connectivity index (χ0v) is 9.67. The smallest absolute Gasteiger partial charge is 0.262 e. The van der Waals surface area contributed by atoms with Crippen LogP contribution < -0.4 is 5.32 Å². The van der Waals surface area contributed by atoms with Crippen molar-refractivity contribution in [2.24, 2.45) is 11.8 Å². The van der Waals surface area contributed by atoms with Crippen LogP contribution in [0.4, 0.5) is 8.78 Å². The number of hydrogen-bond acceptors (Lipinski definition) is 2. The molecule has 3 unspecified atom stereocenters. The van der Waals surface area contributed by atoms with E-state index >= 15 is 0 Å². The Kier molecular flexibility index (Phi) is 2.90. The first-order valence-corrected chi connectivity index (χ1v) is 5.79. The van der Waals surface area contributed by atoms with Crippen LogP contribution >= 0.6 is 0 Å². The van der Waals surface area contributed by atoms with Gasteiger partial charge in [-0.2, -0.15) is 0 Å². The van der Waals surface area contributed by atoms with E-state index in [4.69, 9.17) is 0 Å². The number of alkyl halides is 2. The van der Waals surface area contributed by atoms with Gasteiger partial charge in [-0.05, 0) is 11.8 Å². The Labute approximate surface area is 94.2 Å². The van der Waals surface area contributed by atoms with Gasteiger partial charge in [-0.25, -0.2) is 8.78 Å². The molecule has 2 saturated heterocycles. The van der Waals surface area contributed by atoms with Crippen molar-refractivity contribution in [1.82, 2.24) is 10.2 Å². The van der Waals surface area contributed by atoms with Gasteiger partial charge in [0.05, 0.1) is 12.6 Å². The van der Waals surface area contributed by atoms with Gasteiger partial charge in [0, 0.05) is 19.5 Å².